The van der Waals surface area contributed by atoms with Crippen molar-refractivity contribution in [2.45, 2.75) is 51.1 Å². The van der Waals surface area contributed by atoms with E-state index in [-0.39, 0.29) is 38.3 Å². The zero-order chi connectivity index (χ0) is 29.5. The highest BCUT2D eigenvalue weighted by molar-refractivity contribution is 7.93. The van der Waals surface area contributed by atoms with Gasteiger partial charge in [-0.3, -0.25) is 4.72 Å². The number of fused-ring (bicyclic) bond motifs is 2. The topological polar surface area (TPSA) is 157 Å². The summed E-state index contributed by atoms with van der Waals surface area (Å²) < 4.78 is 36.5. The molecule has 1 unspecified atom stereocenters. The first-order valence-electron chi connectivity index (χ1n) is 13.3. The number of amides is 1. The van der Waals surface area contributed by atoms with E-state index in [2.05, 4.69) is 9.71 Å². The molecule has 1 aliphatic heterocycles. The Balaban J connectivity index is 1.48. The maximum absolute atomic E-state index is 13.4. The van der Waals surface area contributed by atoms with Gasteiger partial charge in [0.25, 0.3) is 0 Å². The van der Waals surface area contributed by atoms with Crippen LogP contribution in [-0.2, 0) is 27.8 Å². The van der Waals surface area contributed by atoms with E-state index >= 15 is 0 Å². The molecule has 216 valence electrons. The fourth-order valence-electron chi connectivity index (χ4n) is 5.09. The Morgan fingerprint density at radius 1 is 1.12 bits per heavy atom. The maximum atomic E-state index is 13.4. The summed E-state index contributed by atoms with van der Waals surface area (Å²) in [5.74, 6) is -1.10. The van der Waals surface area contributed by atoms with Crippen LogP contribution in [-0.4, -0.2) is 64.0 Å². The standard InChI is InChI=1S/C29H33N5O6S/c1-29(2,3)40-28(37)33-11-10-23(17-33)41(38,39)32-22-12-18-6-4-5-7-24(18)20(13-22)16-34-25(27(35)36)14-19-8-9-21(15-30)31-26(19)34/h4-9,12-14,23,32H,10-11,15-17,30H2,1-3H3,(H,35,36). The van der Waals surface area contributed by atoms with E-state index in [0.29, 0.717) is 28.0 Å². The minimum Gasteiger partial charge on any atom is -0.477 e. The second-order valence-electron chi connectivity index (χ2n) is 11.2. The molecule has 0 aliphatic carbocycles. The van der Waals surface area contributed by atoms with Crippen LogP contribution < -0.4 is 10.5 Å². The number of ether oxygens (including phenoxy) is 1. The molecule has 12 heteroatoms. The lowest BCUT2D eigenvalue weighted by Gasteiger charge is -2.24. The van der Waals surface area contributed by atoms with Crippen LogP contribution in [0.25, 0.3) is 21.8 Å². The average Bonchev–Trinajstić information content (AvgIpc) is 3.54. The van der Waals surface area contributed by atoms with Gasteiger partial charge in [-0.1, -0.05) is 24.3 Å². The summed E-state index contributed by atoms with van der Waals surface area (Å²) in [6, 6.07) is 16.1. The fourth-order valence-corrected chi connectivity index (χ4v) is 6.49. The van der Waals surface area contributed by atoms with Crippen LogP contribution in [0, 0.1) is 0 Å². The summed E-state index contributed by atoms with van der Waals surface area (Å²) >= 11 is 0. The predicted octanol–water partition coefficient (Wildman–Crippen LogP) is 4.15. The number of likely N-dealkylation sites (tertiary alicyclic amines) is 1. The molecule has 2 aromatic carbocycles. The van der Waals surface area contributed by atoms with Gasteiger partial charge >= 0.3 is 12.1 Å². The van der Waals surface area contributed by atoms with Crippen LogP contribution in [0.3, 0.4) is 0 Å². The molecule has 3 heterocycles. The molecular weight excluding hydrogens is 546 g/mol. The highest BCUT2D eigenvalue weighted by Crippen LogP contribution is 2.29. The van der Waals surface area contributed by atoms with Gasteiger partial charge in [0.15, 0.2) is 0 Å². The van der Waals surface area contributed by atoms with Gasteiger partial charge in [0.05, 0.1) is 17.5 Å². The Kier molecular flexibility index (Phi) is 7.39. The van der Waals surface area contributed by atoms with Crippen LogP contribution in [0.2, 0.25) is 0 Å². The smallest absolute Gasteiger partial charge is 0.410 e. The van der Waals surface area contributed by atoms with Crippen LogP contribution >= 0.6 is 0 Å². The molecule has 0 bridgehead atoms. The highest BCUT2D eigenvalue weighted by atomic mass is 32.2. The van der Waals surface area contributed by atoms with Crippen molar-refractivity contribution in [2.24, 2.45) is 5.73 Å². The number of nitrogens with zero attached hydrogens (tertiary/aromatic N) is 3. The van der Waals surface area contributed by atoms with Crippen molar-refractivity contribution in [1.82, 2.24) is 14.5 Å². The van der Waals surface area contributed by atoms with Crippen molar-refractivity contribution >= 4 is 49.6 Å². The van der Waals surface area contributed by atoms with Crippen molar-refractivity contribution in [1.29, 1.82) is 0 Å². The van der Waals surface area contributed by atoms with E-state index in [0.717, 1.165) is 10.8 Å². The van der Waals surface area contributed by atoms with Gasteiger partial charge in [-0.2, -0.15) is 0 Å². The highest BCUT2D eigenvalue weighted by Gasteiger charge is 2.37. The molecule has 1 atom stereocenters. The second kappa shape index (κ2) is 10.7. The molecule has 5 rings (SSSR count). The Bertz CT molecular complexity index is 1760. The molecule has 11 nitrogen and oxygen atoms in total. The summed E-state index contributed by atoms with van der Waals surface area (Å²) in [6.07, 6.45) is -0.260. The molecular formula is C29H33N5O6S. The molecule has 1 saturated heterocycles. The maximum Gasteiger partial charge on any atom is 0.410 e. The largest absolute Gasteiger partial charge is 0.477 e. The number of benzene rings is 2. The van der Waals surface area contributed by atoms with Gasteiger partial charge in [-0.25, -0.2) is 23.0 Å². The number of carbonyl (C=O) groups is 2. The number of carboxylic acids is 1. The number of nitrogens with one attached hydrogen (secondary N) is 1. The van der Waals surface area contributed by atoms with E-state index < -0.39 is 32.9 Å². The van der Waals surface area contributed by atoms with Crippen LogP contribution in [0.4, 0.5) is 10.5 Å². The average molecular weight is 580 g/mol. The molecule has 0 radical (unpaired) electrons. The van der Waals surface area contributed by atoms with Gasteiger partial charge in [0, 0.05) is 30.7 Å². The number of hydrogen-bond donors (Lipinski definition) is 3. The number of carbonyl (C=O) groups excluding carboxylic acids is 1. The molecule has 0 saturated carbocycles. The molecule has 41 heavy (non-hydrogen) atoms. The van der Waals surface area contributed by atoms with E-state index in [1.807, 2.05) is 24.3 Å². The third-order valence-electron chi connectivity index (χ3n) is 7.00. The van der Waals surface area contributed by atoms with Gasteiger partial charge in [-0.15, -0.1) is 0 Å². The first-order valence-corrected chi connectivity index (χ1v) is 14.8. The van der Waals surface area contributed by atoms with Gasteiger partial charge in [0.2, 0.25) is 10.0 Å². The Morgan fingerprint density at radius 3 is 2.59 bits per heavy atom. The normalized spacial score (nSPS) is 15.9. The van der Waals surface area contributed by atoms with Crippen molar-refractivity contribution in [2.75, 3.05) is 17.8 Å². The molecule has 1 aliphatic rings. The third-order valence-corrected chi connectivity index (χ3v) is 8.78. The number of rotatable bonds is 7. The number of nitrogens with two attached hydrogens (primary N) is 1. The number of sulfonamides is 1. The van der Waals surface area contributed by atoms with E-state index in [1.165, 1.54) is 4.90 Å². The lowest BCUT2D eigenvalue weighted by atomic mass is 10.0. The van der Waals surface area contributed by atoms with Gasteiger partial charge in [0.1, 0.15) is 16.9 Å². The molecule has 1 amide bonds. The summed E-state index contributed by atoms with van der Waals surface area (Å²) in [6.45, 7) is 5.93. The van der Waals surface area contributed by atoms with E-state index in [9.17, 15) is 23.1 Å². The summed E-state index contributed by atoms with van der Waals surface area (Å²) in [5.41, 5.74) is 7.32. The Hall–Kier alpha value is -4.16. The third kappa shape index (κ3) is 5.98. The minimum atomic E-state index is -3.86. The minimum absolute atomic E-state index is 0.0250. The SMILES string of the molecule is CC(C)(C)OC(=O)N1CCC(S(=O)(=O)Nc2cc(Cn3c(C(=O)O)cc4ccc(CN)nc43)c3ccccc3c2)C1. The number of hydrogen-bond acceptors (Lipinski definition) is 7. The molecule has 2 aromatic heterocycles. The monoisotopic (exact) mass is 579 g/mol. The summed E-state index contributed by atoms with van der Waals surface area (Å²) in [7, 11) is -3.86. The summed E-state index contributed by atoms with van der Waals surface area (Å²) in [4.78, 5) is 30.6. The van der Waals surface area contributed by atoms with Crippen molar-refractivity contribution < 1.29 is 27.9 Å². The van der Waals surface area contributed by atoms with Crippen molar-refractivity contribution in [3.63, 3.8) is 0 Å². The number of aromatic carboxylic acids is 1. The first-order chi connectivity index (χ1) is 19.3. The zero-order valence-corrected chi connectivity index (χ0v) is 23.9. The van der Waals surface area contributed by atoms with Crippen LogP contribution in [0.1, 0.15) is 48.9 Å². The summed E-state index contributed by atoms with van der Waals surface area (Å²) in [5, 5.41) is 11.4. The number of aromatic nitrogens is 2. The second-order valence-corrected chi connectivity index (χ2v) is 13.1. The predicted molar refractivity (Wildman–Crippen MR) is 156 cm³/mol. The van der Waals surface area contributed by atoms with E-state index in [4.69, 9.17) is 10.5 Å². The Morgan fingerprint density at radius 2 is 1.88 bits per heavy atom. The quantitative estimate of drug-likeness (QED) is 0.295. The zero-order valence-electron chi connectivity index (χ0n) is 23.1. The molecule has 0 spiro atoms. The Labute approximate surface area is 238 Å². The van der Waals surface area contributed by atoms with Gasteiger partial charge < -0.3 is 25.0 Å². The lowest BCUT2D eigenvalue weighted by molar-refractivity contribution is 0.0295. The van der Waals surface area contributed by atoms with Crippen LogP contribution in [0.5, 0.6) is 0 Å². The molecule has 4 N–H and O–H groups in total. The fraction of sp³-hybridized carbons (Fsp3) is 0.345. The number of carboxylic acid groups (broad SMARTS) is 1. The van der Waals surface area contributed by atoms with Gasteiger partial charge in [-0.05, 0) is 73.9 Å². The number of anilines is 1. The van der Waals surface area contributed by atoms with E-state index in [1.54, 1.807) is 55.7 Å². The van der Waals surface area contributed by atoms with Crippen LogP contribution in [0.15, 0.2) is 54.6 Å². The molecule has 4 aromatic rings. The van der Waals surface area contributed by atoms with Crippen molar-refractivity contribution in [3.05, 3.63) is 71.5 Å². The lowest BCUT2D eigenvalue weighted by Crippen LogP contribution is -2.37. The van der Waals surface area contributed by atoms with Crippen molar-refractivity contribution in [3.8, 4) is 0 Å². The number of pyridine rings is 1. The molecule has 1 fully saturated rings. The first kappa shape index (κ1) is 28.4.